The Labute approximate surface area is 199 Å². The lowest BCUT2D eigenvalue weighted by Crippen LogP contribution is -2.30. The second-order valence-electron chi connectivity index (χ2n) is 7.54. The predicted octanol–water partition coefficient (Wildman–Crippen LogP) is 2.47. The summed E-state index contributed by atoms with van der Waals surface area (Å²) in [5, 5.41) is 12.1. The van der Waals surface area contributed by atoms with Crippen LogP contribution < -0.4 is 26.0 Å². The second-order valence-corrected chi connectivity index (χ2v) is 7.54. The Balaban J connectivity index is 1.56. The molecule has 0 bridgehead atoms. The first kappa shape index (κ1) is 24.5. The Morgan fingerprint density at radius 3 is 2.15 bits per heavy atom. The van der Waals surface area contributed by atoms with Crippen LogP contribution in [0.15, 0.2) is 60.7 Å². The molecule has 4 N–H and O–H groups in total. The topological polar surface area (TPSA) is 117 Å². The Bertz CT molecular complexity index is 1090. The van der Waals surface area contributed by atoms with Crippen molar-refractivity contribution in [1.82, 2.24) is 20.6 Å². The van der Waals surface area contributed by atoms with Crippen molar-refractivity contribution in [3.63, 3.8) is 0 Å². The third kappa shape index (κ3) is 8.09. The minimum absolute atomic E-state index is 0.0666. The summed E-state index contributed by atoms with van der Waals surface area (Å²) in [6.45, 7) is 3.45. The molecule has 0 aliphatic heterocycles. The number of anilines is 2. The van der Waals surface area contributed by atoms with Crippen LogP contribution in [-0.2, 0) is 16.0 Å². The Hall–Kier alpha value is -4.14. The van der Waals surface area contributed by atoms with Gasteiger partial charge in [0.1, 0.15) is 17.4 Å². The molecule has 0 aliphatic carbocycles. The van der Waals surface area contributed by atoms with Gasteiger partial charge in [0.15, 0.2) is 5.82 Å². The van der Waals surface area contributed by atoms with Gasteiger partial charge in [0.2, 0.25) is 11.8 Å². The molecule has 0 aliphatic rings. The molecule has 9 nitrogen and oxygen atoms in total. The van der Waals surface area contributed by atoms with Gasteiger partial charge in [-0.1, -0.05) is 42.5 Å². The molecule has 0 spiro atoms. The number of methoxy groups -OCH3 is 1. The largest absolute Gasteiger partial charge is 0.497 e. The Kier molecular flexibility index (Phi) is 9.21. The van der Waals surface area contributed by atoms with Crippen LogP contribution in [-0.4, -0.2) is 55.1 Å². The lowest BCUT2D eigenvalue weighted by atomic mass is 10.1. The highest BCUT2D eigenvalue weighted by Crippen LogP contribution is 2.20. The fourth-order valence-electron chi connectivity index (χ4n) is 3.20. The van der Waals surface area contributed by atoms with Crippen molar-refractivity contribution in [2.45, 2.75) is 13.3 Å². The van der Waals surface area contributed by atoms with E-state index in [1.165, 1.54) is 6.92 Å². The number of hydrogen-bond acceptors (Lipinski definition) is 7. The fraction of sp³-hybridized carbons (Fsp3) is 0.280. The van der Waals surface area contributed by atoms with Crippen molar-refractivity contribution in [1.29, 1.82) is 0 Å². The van der Waals surface area contributed by atoms with Crippen LogP contribution in [0.3, 0.4) is 0 Å². The fourth-order valence-corrected chi connectivity index (χ4v) is 3.20. The van der Waals surface area contributed by atoms with Crippen LogP contribution in [0.25, 0.3) is 11.4 Å². The van der Waals surface area contributed by atoms with E-state index in [1.54, 1.807) is 13.2 Å². The van der Waals surface area contributed by atoms with Gasteiger partial charge in [-0.05, 0) is 17.7 Å². The Morgan fingerprint density at radius 2 is 1.50 bits per heavy atom. The quantitative estimate of drug-likeness (QED) is 0.306. The highest BCUT2D eigenvalue weighted by Gasteiger charge is 2.08. The van der Waals surface area contributed by atoms with E-state index in [4.69, 9.17) is 4.74 Å². The zero-order valence-electron chi connectivity index (χ0n) is 19.4. The first-order chi connectivity index (χ1) is 16.5. The zero-order chi connectivity index (χ0) is 24.2. The highest BCUT2D eigenvalue weighted by molar-refractivity contribution is 5.78. The molecule has 0 unspecified atom stereocenters. The van der Waals surface area contributed by atoms with Crippen molar-refractivity contribution in [3.05, 3.63) is 66.2 Å². The van der Waals surface area contributed by atoms with E-state index in [-0.39, 0.29) is 18.2 Å². The van der Waals surface area contributed by atoms with Gasteiger partial charge < -0.3 is 26.0 Å². The summed E-state index contributed by atoms with van der Waals surface area (Å²) < 4.78 is 5.20. The summed E-state index contributed by atoms with van der Waals surface area (Å²) in [5.41, 5.74) is 1.78. The van der Waals surface area contributed by atoms with E-state index >= 15 is 0 Å². The van der Waals surface area contributed by atoms with Crippen LogP contribution in [0.5, 0.6) is 5.75 Å². The molecule has 178 valence electrons. The summed E-state index contributed by atoms with van der Waals surface area (Å²) in [5.74, 6) is 2.44. The van der Waals surface area contributed by atoms with Gasteiger partial charge in [0.25, 0.3) is 0 Å². The number of ether oxygens (including phenoxy) is 1. The number of hydrogen-bond donors (Lipinski definition) is 4. The normalized spacial score (nSPS) is 10.3. The summed E-state index contributed by atoms with van der Waals surface area (Å²) in [7, 11) is 1.60. The third-order valence-electron chi connectivity index (χ3n) is 4.82. The number of benzene rings is 2. The van der Waals surface area contributed by atoms with E-state index < -0.39 is 0 Å². The number of nitrogens with zero attached hydrogens (tertiary/aromatic N) is 2. The van der Waals surface area contributed by atoms with Crippen molar-refractivity contribution in [2.75, 3.05) is 43.9 Å². The molecule has 0 atom stereocenters. The first-order valence-corrected chi connectivity index (χ1v) is 11.1. The third-order valence-corrected chi connectivity index (χ3v) is 4.82. The van der Waals surface area contributed by atoms with E-state index in [0.29, 0.717) is 43.6 Å². The van der Waals surface area contributed by atoms with Gasteiger partial charge in [-0.2, -0.15) is 0 Å². The van der Waals surface area contributed by atoms with Gasteiger partial charge >= 0.3 is 0 Å². The molecule has 3 aromatic rings. The van der Waals surface area contributed by atoms with Gasteiger partial charge in [-0.3, -0.25) is 9.59 Å². The molecule has 0 saturated heterocycles. The molecular formula is C25H30N6O3. The summed E-state index contributed by atoms with van der Waals surface area (Å²) in [6.07, 6.45) is 0.283. The van der Waals surface area contributed by atoms with E-state index in [9.17, 15) is 9.59 Å². The number of nitrogens with one attached hydrogen (secondary N) is 4. The first-order valence-electron chi connectivity index (χ1n) is 11.1. The average molecular weight is 463 g/mol. The standard InChI is InChI=1S/C25H30N6O3/c1-18(32)26-11-12-27-22-17-23(31-25(30-22)20-8-4-3-5-9-20)28-13-14-29-24(33)16-19-7-6-10-21(15-19)34-2/h3-10,15,17H,11-14,16H2,1-2H3,(H,26,32)(H,29,33)(H2,27,28,30,31). The van der Waals surface area contributed by atoms with Crippen molar-refractivity contribution < 1.29 is 14.3 Å². The molecule has 34 heavy (non-hydrogen) atoms. The SMILES string of the molecule is COc1cccc(CC(=O)NCCNc2cc(NCCNC(C)=O)nc(-c3ccccc3)n2)c1. The minimum Gasteiger partial charge on any atom is -0.497 e. The number of rotatable bonds is 12. The maximum Gasteiger partial charge on any atom is 0.224 e. The van der Waals surface area contributed by atoms with Crippen molar-refractivity contribution in [3.8, 4) is 17.1 Å². The maximum atomic E-state index is 12.3. The molecule has 3 rings (SSSR count). The Morgan fingerprint density at radius 1 is 0.824 bits per heavy atom. The van der Waals surface area contributed by atoms with Crippen molar-refractivity contribution >= 4 is 23.5 Å². The van der Waals surface area contributed by atoms with Gasteiger partial charge in [-0.25, -0.2) is 9.97 Å². The summed E-state index contributed by atoms with van der Waals surface area (Å²) >= 11 is 0. The molecule has 1 heterocycles. The van der Waals surface area contributed by atoms with Crippen LogP contribution in [0, 0.1) is 0 Å². The van der Waals surface area contributed by atoms with Crippen LogP contribution in [0.1, 0.15) is 12.5 Å². The van der Waals surface area contributed by atoms with Crippen LogP contribution in [0.4, 0.5) is 11.6 Å². The molecule has 1 aromatic heterocycles. The van der Waals surface area contributed by atoms with Crippen LogP contribution >= 0.6 is 0 Å². The molecule has 0 radical (unpaired) electrons. The summed E-state index contributed by atoms with van der Waals surface area (Å²) in [6, 6.07) is 18.9. The number of carbonyl (C=O) groups excluding carboxylic acids is 2. The van der Waals surface area contributed by atoms with Crippen molar-refractivity contribution in [2.24, 2.45) is 0 Å². The highest BCUT2D eigenvalue weighted by atomic mass is 16.5. The van der Waals surface area contributed by atoms with E-state index in [1.807, 2.05) is 54.6 Å². The number of amides is 2. The monoisotopic (exact) mass is 462 g/mol. The van der Waals surface area contributed by atoms with Crippen LogP contribution in [0.2, 0.25) is 0 Å². The molecule has 2 aromatic carbocycles. The predicted molar refractivity (Wildman–Crippen MR) is 133 cm³/mol. The van der Waals surface area contributed by atoms with E-state index in [2.05, 4.69) is 31.2 Å². The summed E-state index contributed by atoms with van der Waals surface area (Å²) in [4.78, 5) is 32.5. The average Bonchev–Trinajstić information content (AvgIpc) is 2.85. The molecule has 0 saturated carbocycles. The van der Waals surface area contributed by atoms with Gasteiger partial charge in [0.05, 0.1) is 13.5 Å². The molecular weight excluding hydrogens is 432 g/mol. The molecule has 9 heteroatoms. The molecule has 0 fully saturated rings. The lowest BCUT2D eigenvalue weighted by molar-refractivity contribution is -0.120. The maximum absolute atomic E-state index is 12.3. The number of aromatic nitrogens is 2. The van der Waals surface area contributed by atoms with E-state index in [0.717, 1.165) is 16.9 Å². The minimum atomic E-state index is -0.0785. The second kappa shape index (κ2) is 12.8. The van der Waals surface area contributed by atoms with Gasteiger partial charge in [0, 0.05) is 44.7 Å². The zero-order valence-corrected chi connectivity index (χ0v) is 19.4. The lowest BCUT2D eigenvalue weighted by Gasteiger charge is -2.12. The smallest absolute Gasteiger partial charge is 0.224 e. The number of carbonyl (C=O) groups is 2. The molecule has 2 amide bonds. The van der Waals surface area contributed by atoms with Gasteiger partial charge in [-0.15, -0.1) is 0 Å².